The molecule has 0 aromatic carbocycles. The zero-order valence-electron chi connectivity index (χ0n) is 14.6. The van der Waals surface area contributed by atoms with Crippen LogP contribution in [-0.4, -0.2) is 31.4 Å². The summed E-state index contributed by atoms with van der Waals surface area (Å²) in [6.07, 6.45) is 3.19. The first kappa shape index (κ1) is 18.5. The molecule has 0 radical (unpaired) electrons. The maximum Gasteiger partial charge on any atom is 0.234 e. The van der Waals surface area contributed by atoms with Crippen molar-refractivity contribution in [2.45, 2.75) is 32.0 Å². The number of anilines is 1. The Hall–Kier alpha value is -2.32. The molecule has 0 bridgehead atoms. The van der Waals surface area contributed by atoms with Crippen molar-refractivity contribution in [2.75, 3.05) is 11.1 Å². The standard InChI is InChI=1S/C17H18ClN5O2S/c1-10(2)23-16(12-6-8-25-11(12)3)21-22-17(23)26-9-14(24)20-13-5-4-7-19-15(13)18/h4-8,10H,9H2,1-3H3,(H,20,24). The molecule has 0 atom stereocenters. The Bertz CT molecular complexity index is 922. The van der Waals surface area contributed by atoms with Crippen LogP contribution in [-0.2, 0) is 4.79 Å². The number of pyridine rings is 1. The van der Waals surface area contributed by atoms with Crippen molar-refractivity contribution in [3.05, 3.63) is 41.6 Å². The SMILES string of the molecule is Cc1occc1-c1nnc(SCC(=O)Nc2cccnc2Cl)n1C(C)C. The number of aryl methyl sites for hydroxylation is 1. The minimum Gasteiger partial charge on any atom is -0.469 e. The molecule has 1 N–H and O–H groups in total. The van der Waals surface area contributed by atoms with Gasteiger partial charge in [-0.2, -0.15) is 0 Å². The lowest BCUT2D eigenvalue weighted by molar-refractivity contribution is -0.113. The summed E-state index contributed by atoms with van der Waals surface area (Å²) in [7, 11) is 0. The number of carbonyl (C=O) groups excluding carboxylic acids is 1. The summed E-state index contributed by atoms with van der Waals surface area (Å²) in [5.41, 5.74) is 1.38. The first-order valence-corrected chi connectivity index (χ1v) is 9.36. The van der Waals surface area contributed by atoms with Gasteiger partial charge in [-0.05, 0) is 39.0 Å². The molecule has 0 aliphatic carbocycles. The lowest BCUT2D eigenvalue weighted by Crippen LogP contribution is -2.15. The van der Waals surface area contributed by atoms with Gasteiger partial charge >= 0.3 is 0 Å². The highest BCUT2D eigenvalue weighted by molar-refractivity contribution is 7.99. The van der Waals surface area contributed by atoms with E-state index in [0.29, 0.717) is 10.8 Å². The highest BCUT2D eigenvalue weighted by Gasteiger charge is 2.20. The molecule has 3 rings (SSSR count). The topological polar surface area (TPSA) is 85.8 Å². The van der Waals surface area contributed by atoms with Crippen molar-refractivity contribution in [1.82, 2.24) is 19.7 Å². The highest BCUT2D eigenvalue weighted by Crippen LogP contribution is 2.30. The van der Waals surface area contributed by atoms with E-state index < -0.39 is 0 Å². The van der Waals surface area contributed by atoms with Crippen molar-refractivity contribution in [1.29, 1.82) is 0 Å². The summed E-state index contributed by atoms with van der Waals surface area (Å²) in [4.78, 5) is 16.2. The second kappa shape index (κ2) is 7.92. The summed E-state index contributed by atoms with van der Waals surface area (Å²) in [6.45, 7) is 5.97. The lowest BCUT2D eigenvalue weighted by Gasteiger charge is -2.13. The van der Waals surface area contributed by atoms with Crippen molar-refractivity contribution < 1.29 is 9.21 Å². The van der Waals surface area contributed by atoms with E-state index in [4.69, 9.17) is 16.0 Å². The molecule has 3 aromatic heterocycles. The van der Waals surface area contributed by atoms with Gasteiger partial charge in [0.25, 0.3) is 0 Å². The Balaban J connectivity index is 1.74. The second-order valence-corrected chi connectivity index (χ2v) is 7.14. The fourth-order valence-corrected chi connectivity index (χ4v) is 3.47. The summed E-state index contributed by atoms with van der Waals surface area (Å²) < 4.78 is 7.36. The number of amides is 1. The molecule has 0 aliphatic heterocycles. The van der Waals surface area contributed by atoms with Crippen LogP contribution >= 0.6 is 23.4 Å². The first-order chi connectivity index (χ1) is 12.5. The Morgan fingerprint density at radius 1 is 1.38 bits per heavy atom. The van der Waals surface area contributed by atoms with Crippen LogP contribution < -0.4 is 5.32 Å². The van der Waals surface area contributed by atoms with Crippen molar-refractivity contribution >= 4 is 35.0 Å². The van der Waals surface area contributed by atoms with Crippen LogP contribution in [0.25, 0.3) is 11.4 Å². The molecule has 0 saturated carbocycles. The van der Waals surface area contributed by atoms with Gasteiger partial charge in [0.1, 0.15) is 5.76 Å². The predicted octanol–water partition coefficient (Wildman–Crippen LogP) is 4.21. The zero-order valence-corrected chi connectivity index (χ0v) is 16.1. The number of thioether (sulfide) groups is 1. The van der Waals surface area contributed by atoms with Crippen molar-refractivity contribution in [3.63, 3.8) is 0 Å². The largest absolute Gasteiger partial charge is 0.469 e. The van der Waals surface area contributed by atoms with Gasteiger partial charge in [-0.3, -0.25) is 9.36 Å². The number of hydrogen-bond donors (Lipinski definition) is 1. The molecule has 0 unspecified atom stereocenters. The van der Waals surface area contributed by atoms with Crippen LogP contribution in [0, 0.1) is 6.92 Å². The van der Waals surface area contributed by atoms with Gasteiger partial charge in [0, 0.05) is 12.2 Å². The molecule has 26 heavy (non-hydrogen) atoms. The maximum absolute atomic E-state index is 12.2. The van der Waals surface area contributed by atoms with Gasteiger partial charge in [0.05, 0.1) is 23.3 Å². The molecule has 1 amide bonds. The smallest absolute Gasteiger partial charge is 0.234 e. The molecular weight excluding hydrogens is 374 g/mol. The summed E-state index contributed by atoms with van der Waals surface area (Å²) in [5.74, 6) is 1.49. The molecule has 0 aliphatic rings. The molecule has 3 aromatic rings. The van der Waals surface area contributed by atoms with Crippen molar-refractivity contribution in [3.8, 4) is 11.4 Å². The molecule has 0 spiro atoms. The summed E-state index contributed by atoms with van der Waals surface area (Å²) >= 11 is 7.28. The molecule has 7 nitrogen and oxygen atoms in total. The third-order valence-corrected chi connectivity index (χ3v) is 4.89. The minimum atomic E-state index is -0.191. The van der Waals surface area contributed by atoms with E-state index in [1.807, 2.05) is 31.4 Å². The van der Waals surface area contributed by atoms with Crippen LogP contribution in [0.1, 0.15) is 25.6 Å². The van der Waals surface area contributed by atoms with Crippen LogP contribution in [0.15, 0.2) is 40.2 Å². The molecule has 0 saturated heterocycles. The van der Waals surface area contributed by atoms with E-state index in [1.54, 1.807) is 24.6 Å². The van der Waals surface area contributed by atoms with Crippen LogP contribution in [0.4, 0.5) is 5.69 Å². The number of halogens is 1. The average Bonchev–Trinajstić information content (AvgIpc) is 3.20. The van der Waals surface area contributed by atoms with Crippen molar-refractivity contribution in [2.24, 2.45) is 0 Å². The Kier molecular flexibility index (Phi) is 5.63. The second-order valence-electron chi connectivity index (χ2n) is 5.84. The highest BCUT2D eigenvalue weighted by atomic mass is 35.5. The molecular formula is C17H18ClN5O2S. The monoisotopic (exact) mass is 391 g/mol. The first-order valence-electron chi connectivity index (χ1n) is 8.00. The quantitative estimate of drug-likeness (QED) is 0.500. The number of nitrogens with zero attached hydrogens (tertiary/aromatic N) is 4. The Morgan fingerprint density at radius 3 is 2.85 bits per heavy atom. The number of carbonyl (C=O) groups is 1. The van der Waals surface area contributed by atoms with Crippen LogP contribution in [0.5, 0.6) is 0 Å². The minimum absolute atomic E-state index is 0.132. The fraction of sp³-hybridized carbons (Fsp3) is 0.294. The lowest BCUT2D eigenvalue weighted by atomic mass is 10.2. The number of aromatic nitrogens is 4. The number of nitrogens with one attached hydrogen (secondary N) is 1. The third kappa shape index (κ3) is 3.91. The van der Waals surface area contributed by atoms with Gasteiger partial charge in [0.15, 0.2) is 16.1 Å². The molecule has 0 fully saturated rings. The van der Waals surface area contributed by atoms with Gasteiger partial charge in [0.2, 0.25) is 5.91 Å². The summed E-state index contributed by atoms with van der Waals surface area (Å²) in [5, 5.41) is 12.2. The maximum atomic E-state index is 12.2. The average molecular weight is 392 g/mol. The van der Waals surface area contributed by atoms with Crippen LogP contribution in [0.3, 0.4) is 0 Å². The molecule has 136 valence electrons. The number of furan rings is 1. The van der Waals surface area contributed by atoms with Gasteiger partial charge in [-0.25, -0.2) is 4.98 Å². The van der Waals surface area contributed by atoms with Crippen LogP contribution in [0.2, 0.25) is 5.15 Å². The van der Waals surface area contributed by atoms with Gasteiger partial charge in [-0.15, -0.1) is 10.2 Å². The van der Waals surface area contributed by atoms with E-state index in [0.717, 1.165) is 17.1 Å². The van der Waals surface area contributed by atoms with E-state index in [-0.39, 0.29) is 22.9 Å². The number of hydrogen-bond acceptors (Lipinski definition) is 6. The van der Waals surface area contributed by atoms with Gasteiger partial charge < -0.3 is 9.73 Å². The zero-order chi connectivity index (χ0) is 18.7. The van der Waals surface area contributed by atoms with E-state index in [9.17, 15) is 4.79 Å². The molecule has 9 heteroatoms. The normalized spacial score (nSPS) is 11.1. The van der Waals surface area contributed by atoms with E-state index in [2.05, 4.69) is 20.5 Å². The summed E-state index contributed by atoms with van der Waals surface area (Å²) in [6, 6.07) is 5.41. The van der Waals surface area contributed by atoms with E-state index >= 15 is 0 Å². The Labute approximate surface area is 160 Å². The number of rotatable bonds is 6. The Morgan fingerprint density at radius 2 is 2.19 bits per heavy atom. The van der Waals surface area contributed by atoms with E-state index in [1.165, 1.54) is 11.8 Å². The molecule has 3 heterocycles. The predicted molar refractivity (Wildman–Crippen MR) is 101 cm³/mol. The van der Waals surface area contributed by atoms with Gasteiger partial charge in [-0.1, -0.05) is 23.4 Å². The fourth-order valence-electron chi connectivity index (χ4n) is 2.44. The third-order valence-electron chi connectivity index (χ3n) is 3.65.